The Morgan fingerprint density at radius 2 is 2.46 bits per heavy atom. The monoisotopic (exact) mass is 183 g/mol. The van der Waals surface area contributed by atoms with Crippen LogP contribution in [0.1, 0.15) is 12.8 Å². The zero-order chi connectivity index (χ0) is 9.26. The van der Waals surface area contributed by atoms with Crippen molar-refractivity contribution in [3.63, 3.8) is 0 Å². The van der Waals surface area contributed by atoms with Crippen LogP contribution in [-0.2, 0) is 4.74 Å². The average Bonchev–Trinajstić information content (AvgIpc) is 2.43. The van der Waals surface area contributed by atoms with Crippen molar-refractivity contribution in [3.8, 4) is 0 Å². The summed E-state index contributed by atoms with van der Waals surface area (Å²) in [4.78, 5) is 12.8. The van der Waals surface area contributed by atoms with E-state index >= 15 is 0 Å². The molecule has 0 aromatic heterocycles. The summed E-state index contributed by atoms with van der Waals surface area (Å²) in [7, 11) is 0. The molecular weight excluding hydrogens is 170 g/mol. The minimum Gasteiger partial charge on any atom is -0.447 e. The van der Waals surface area contributed by atoms with Crippen molar-refractivity contribution in [2.45, 2.75) is 25.0 Å². The fraction of sp³-hybridized carbons (Fsp3) is 0.667. The number of hydrogen-bond donors (Lipinski definition) is 1. The molecular formula is C9H13NO3. The maximum atomic E-state index is 11.2. The molecule has 2 atom stereocenters. The molecule has 4 heteroatoms. The van der Waals surface area contributed by atoms with Crippen LogP contribution in [0.15, 0.2) is 12.2 Å². The van der Waals surface area contributed by atoms with Crippen molar-refractivity contribution < 1.29 is 14.6 Å². The minimum absolute atomic E-state index is 0.177. The summed E-state index contributed by atoms with van der Waals surface area (Å²) in [5.74, 6) is 0. The van der Waals surface area contributed by atoms with E-state index in [9.17, 15) is 9.90 Å². The molecule has 0 aromatic rings. The van der Waals surface area contributed by atoms with Gasteiger partial charge in [0.25, 0.3) is 0 Å². The molecule has 72 valence electrons. The number of rotatable bonds is 0. The highest BCUT2D eigenvalue weighted by atomic mass is 16.6. The molecule has 2 aliphatic heterocycles. The standard InChI is InChI=1S/C9H13NO3/c11-8-4-2-1-3-5-10-7(8)6-13-9(10)12/h2,4,7-8,11H,1,3,5-6H2/b4-2-/t7-,8+/m1/s1. The van der Waals surface area contributed by atoms with Crippen LogP contribution in [0.5, 0.6) is 0 Å². The quantitative estimate of drug-likeness (QED) is 0.557. The molecule has 0 unspecified atom stereocenters. The Hall–Kier alpha value is -1.03. The SMILES string of the molecule is O=C1OC[C@@H]2[C@@H](O)/C=C\CCCN12. The molecule has 0 aliphatic carbocycles. The van der Waals surface area contributed by atoms with Crippen LogP contribution in [0.25, 0.3) is 0 Å². The molecule has 1 amide bonds. The molecule has 0 bridgehead atoms. The Bertz CT molecular complexity index is 239. The Kier molecular flexibility index (Phi) is 2.22. The third-order valence-corrected chi connectivity index (χ3v) is 2.51. The van der Waals surface area contributed by atoms with Gasteiger partial charge in [0, 0.05) is 6.54 Å². The molecule has 1 N–H and O–H groups in total. The van der Waals surface area contributed by atoms with Crippen LogP contribution in [0.3, 0.4) is 0 Å². The van der Waals surface area contributed by atoms with Crippen molar-refractivity contribution in [1.82, 2.24) is 4.90 Å². The van der Waals surface area contributed by atoms with Crippen LogP contribution in [0.4, 0.5) is 4.79 Å². The van der Waals surface area contributed by atoms with Crippen LogP contribution < -0.4 is 0 Å². The van der Waals surface area contributed by atoms with E-state index in [2.05, 4.69) is 0 Å². The van der Waals surface area contributed by atoms with E-state index < -0.39 is 6.10 Å². The largest absolute Gasteiger partial charge is 0.447 e. The van der Waals surface area contributed by atoms with E-state index in [1.807, 2.05) is 6.08 Å². The number of cyclic esters (lactones) is 1. The fourth-order valence-corrected chi connectivity index (χ4v) is 1.75. The van der Waals surface area contributed by atoms with E-state index in [0.29, 0.717) is 13.2 Å². The van der Waals surface area contributed by atoms with Gasteiger partial charge in [0.15, 0.2) is 0 Å². The van der Waals surface area contributed by atoms with Gasteiger partial charge < -0.3 is 9.84 Å². The summed E-state index contributed by atoms with van der Waals surface area (Å²) in [6.45, 7) is 0.995. The summed E-state index contributed by atoms with van der Waals surface area (Å²) in [5.41, 5.74) is 0. The van der Waals surface area contributed by atoms with Gasteiger partial charge in [-0.15, -0.1) is 0 Å². The maximum Gasteiger partial charge on any atom is 0.410 e. The van der Waals surface area contributed by atoms with Crippen molar-refractivity contribution in [1.29, 1.82) is 0 Å². The topological polar surface area (TPSA) is 49.8 Å². The van der Waals surface area contributed by atoms with Gasteiger partial charge in [0.1, 0.15) is 6.61 Å². The second kappa shape index (κ2) is 3.38. The van der Waals surface area contributed by atoms with E-state index in [1.165, 1.54) is 0 Å². The molecule has 13 heavy (non-hydrogen) atoms. The number of aliphatic hydroxyl groups is 1. The molecule has 2 aliphatic rings. The summed E-state index contributed by atoms with van der Waals surface area (Å²) < 4.78 is 4.87. The predicted octanol–water partition coefficient (Wildman–Crippen LogP) is 0.518. The van der Waals surface area contributed by atoms with Crippen LogP contribution in [0.2, 0.25) is 0 Å². The third kappa shape index (κ3) is 1.54. The number of allylic oxidation sites excluding steroid dienone is 1. The molecule has 0 saturated carbocycles. The number of ether oxygens (including phenoxy) is 1. The Balaban J connectivity index is 2.16. The van der Waals surface area contributed by atoms with Gasteiger partial charge in [-0.1, -0.05) is 12.2 Å². The number of carbonyl (C=O) groups excluding carboxylic acids is 1. The Labute approximate surface area is 76.8 Å². The number of hydrogen-bond acceptors (Lipinski definition) is 3. The number of carbonyl (C=O) groups is 1. The molecule has 2 rings (SSSR count). The van der Waals surface area contributed by atoms with Gasteiger partial charge in [-0.05, 0) is 12.8 Å². The Morgan fingerprint density at radius 1 is 1.62 bits per heavy atom. The normalized spacial score (nSPS) is 36.1. The molecule has 0 aromatic carbocycles. The van der Waals surface area contributed by atoms with Gasteiger partial charge in [-0.3, -0.25) is 4.90 Å². The number of aliphatic hydroxyl groups excluding tert-OH is 1. The van der Waals surface area contributed by atoms with Crippen molar-refractivity contribution in [2.75, 3.05) is 13.2 Å². The molecule has 1 saturated heterocycles. The van der Waals surface area contributed by atoms with Gasteiger partial charge in [0.05, 0.1) is 12.1 Å². The average molecular weight is 183 g/mol. The summed E-state index contributed by atoms with van der Waals surface area (Å²) in [6, 6.07) is -0.177. The first-order valence-corrected chi connectivity index (χ1v) is 4.57. The zero-order valence-electron chi connectivity index (χ0n) is 7.35. The van der Waals surface area contributed by atoms with E-state index in [4.69, 9.17) is 4.74 Å². The highest BCUT2D eigenvalue weighted by molar-refractivity contribution is 5.70. The van der Waals surface area contributed by atoms with Crippen molar-refractivity contribution >= 4 is 6.09 Å². The zero-order valence-corrected chi connectivity index (χ0v) is 7.35. The molecule has 1 fully saturated rings. The predicted molar refractivity (Wildman–Crippen MR) is 46.2 cm³/mol. The van der Waals surface area contributed by atoms with E-state index in [1.54, 1.807) is 11.0 Å². The van der Waals surface area contributed by atoms with Crippen LogP contribution in [0, 0.1) is 0 Å². The van der Waals surface area contributed by atoms with E-state index in [0.717, 1.165) is 12.8 Å². The van der Waals surface area contributed by atoms with Crippen LogP contribution >= 0.6 is 0 Å². The highest BCUT2D eigenvalue weighted by Crippen LogP contribution is 2.19. The van der Waals surface area contributed by atoms with Crippen molar-refractivity contribution in [3.05, 3.63) is 12.2 Å². The van der Waals surface area contributed by atoms with Crippen LogP contribution in [-0.4, -0.2) is 41.4 Å². The number of nitrogens with zero attached hydrogens (tertiary/aromatic N) is 1. The molecule has 2 heterocycles. The van der Waals surface area contributed by atoms with Gasteiger partial charge in [-0.25, -0.2) is 4.79 Å². The maximum absolute atomic E-state index is 11.2. The minimum atomic E-state index is -0.577. The number of fused-ring (bicyclic) bond motifs is 1. The lowest BCUT2D eigenvalue weighted by atomic mass is 10.1. The smallest absolute Gasteiger partial charge is 0.410 e. The highest BCUT2D eigenvalue weighted by Gasteiger charge is 2.36. The second-order valence-corrected chi connectivity index (χ2v) is 3.40. The summed E-state index contributed by atoms with van der Waals surface area (Å²) in [6.07, 6.45) is 4.69. The lowest BCUT2D eigenvalue weighted by molar-refractivity contribution is 0.118. The lowest BCUT2D eigenvalue weighted by Crippen LogP contribution is -2.42. The number of amides is 1. The fourth-order valence-electron chi connectivity index (χ4n) is 1.75. The molecule has 0 spiro atoms. The van der Waals surface area contributed by atoms with Gasteiger partial charge >= 0.3 is 6.09 Å². The van der Waals surface area contributed by atoms with E-state index in [-0.39, 0.29) is 12.1 Å². The molecule has 4 nitrogen and oxygen atoms in total. The van der Waals surface area contributed by atoms with Gasteiger partial charge in [0.2, 0.25) is 0 Å². The van der Waals surface area contributed by atoms with Gasteiger partial charge in [-0.2, -0.15) is 0 Å². The summed E-state index contributed by atoms with van der Waals surface area (Å²) in [5, 5.41) is 9.64. The summed E-state index contributed by atoms with van der Waals surface area (Å²) >= 11 is 0. The second-order valence-electron chi connectivity index (χ2n) is 3.40. The first-order valence-electron chi connectivity index (χ1n) is 4.57. The Morgan fingerprint density at radius 3 is 3.31 bits per heavy atom. The first kappa shape index (κ1) is 8.56. The third-order valence-electron chi connectivity index (χ3n) is 2.51. The molecule has 0 radical (unpaired) electrons. The van der Waals surface area contributed by atoms with Crippen molar-refractivity contribution in [2.24, 2.45) is 0 Å². The first-order chi connectivity index (χ1) is 6.29. The lowest BCUT2D eigenvalue weighted by Gasteiger charge is -2.25.